The highest BCUT2D eigenvalue weighted by Gasteiger charge is 2.17. The molecule has 1 aromatic heterocycles. The van der Waals surface area contributed by atoms with Crippen molar-refractivity contribution < 1.29 is 9.21 Å². The highest BCUT2D eigenvalue weighted by Crippen LogP contribution is 2.10. The summed E-state index contributed by atoms with van der Waals surface area (Å²) in [6.07, 6.45) is 3.85. The first-order valence-corrected chi connectivity index (χ1v) is 7.01. The number of hydrogen-bond acceptors (Lipinski definition) is 4. The fourth-order valence-corrected chi connectivity index (χ4v) is 2.48. The van der Waals surface area contributed by atoms with E-state index in [1.54, 1.807) is 12.1 Å². The second-order valence-corrected chi connectivity index (χ2v) is 5.21. The highest BCUT2D eigenvalue weighted by atomic mass is 16.4. The molecular weight excluding hydrogens is 242 g/mol. The molecule has 5 nitrogen and oxygen atoms in total. The number of nitrogens with two attached hydrogens (primary N) is 1. The number of nitrogens with zero attached hydrogens (tertiary/aromatic N) is 1. The third-order valence-corrected chi connectivity index (χ3v) is 3.44. The molecule has 2 heterocycles. The lowest BCUT2D eigenvalue weighted by molar-refractivity contribution is 0.0896. The van der Waals surface area contributed by atoms with E-state index in [9.17, 15) is 4.79 Å². The van der Waals surface area contributed by atoms with Crippen molar-refractivity contribution in [2.75, 3.05) is 19.6 Å². The van der Waals surface area contributed by atoms with Crippen molar-refractivity contribution >= 4 is 5.91 Å². The van der Waals surface area contributed by atoms with E-state index in [4.69, 9.17) is 10.2 Å². The van der Waals surface area contributed by atoms with E-state index in [0.29, 0.717) is 18.1 Å². The molecule has 0 aliphatic carbocycles. The van der Waals surface area contributed by atoms with Gasteiger partial charge in [0, 0.05) is 12.6 Å². The average molecular weight is 265 g/mol. The van der Waals surface area contributed by atoms with Crippen LogP contribution in [0.5, 0.6) is 0 Å². The van der Waals surface area contributed by atoms with Crippen LogP contribution >= 0.6 is 0 Å². The first kappa shape index (κ1) is 14.1. The second-order valence-electron chi connectivity index (χ2n) is 5.21. The van der Waals surface area contributed by atoms with E-state index in [0.717, 1.165) is 19.6 Å². The molecule has 106 valence electrons. The predicted molar refractivity (Wildman–Crippen MR) is 73.8 cm³/mol. The molecule has 1 unspecified atom stereocenters. The Balaban J connectivity index is 1.80. The quantitative estimate of drug-likeness (QED) is 0.843. The minimum absolute atomic E-state index is 0.122. The lowest BCUT2D eigenvalue weighted by Crippen LogP contribution is -2.43. The molecule has 3 N–H and O–H groups in total. The number of rotatable bonds is 5. The summed E-state index contributed by atoms with van der Waals surface area (Å²) in [7, 11) is 0. The number of likely N-dealkylation sites (tertiary alicyclic amines) is 1. The summed E-state index contributed by atoms with van der Waals surface area (Å²) < 4.78 is 5.33. The number of furan rings is 1. The SMILES string of the molecule is CC(CN1CCCCC1)NC(=O)c1ccc(CN)o1. The van der Waals surface area contributed by atoms with Gasteiger partial charge in [-0.1, -0.05) is 6.42 Å². The first-order chi connectivity index (χ1) is 9.19. The normalized spacial score (nSPS) is 18.2. The molecule has 2 rings (SSSR count). The topological polar surface area (TPSA) is 71.5 Å². The zero-order valence-electron chi connectivity index (χ0n) is 11.5. The average Bonchev–Trinajstić information content (AvgIpc) is 2.88. The fourth-order valence-electron chi connectivity index (χ4n) is 2.48. The molecule has 1 fully saturated rings. The molecular formula is C14H23N3O2. The Hall–Kier alpha value is -1.33. The summed E-state index contributed by atoms with van der Waals surface area (Å²) in [6.45, 7) is 5.52. The van der Waals surface area contributed by atoms with Crippen LogP contribution in [0.4, 0.5) is 0 Å². The molecule has 0 radical (unpaired) electrons. The standard InChI is InChI=1S/C14H23N3O2/c1-11(10-17-7-3-2-4-8-17)16-14(18)13-6-5-12(9-15)19-13/h5-6,11H,2-4,7-10,15H2,1H3,(H,16,18). The van der Waals surface area contributed by atoms with Crippen LogP contribution in [-0.2, 0) is 6.54 Å². The molecule has 5 heteroatoms. The van der Waals surface area contributed by atoms with Crippen LogP contribution in [0.25, 0.3) is 0 Å². The number of carbonyl (C=O) groups excluding carboxylic acids is 1. The van der Waals surface area contributed by atoms with Crippen LogP contribution in [0.15, 0.2) is 16.5 Å². The summed E-state index contributed by atoms with van der Waals surface area (Å²) in [5, 5.41) is 2.97. The Kier molecular flexibility index (Phi) is 4.99. The van der Waals surface area contributed by atoms with Crippen molar-refractivity contribution in [1.82, 2.24) is 10.2 Å². The van der Waals surface area contributed by atoms with Gasteiger partial charge in [-0.15, -0.1) is 0 Å². The van der Waals surface area contributed by atoms with Gasteiger partial charge in [0.05, 0.1) is 6.54 Å². The number of carbonyl (C=O) groups is 1. The van der Waals surface area contributed by atoms with E-state index < -0.39 is 0 Å². The van der Waals surface area contributed by atoms with E-state index >= 15 is 0 Å². The molecule has 1 amide bonds. The fraction of sp³-hybridized carbons (Fsp3) is 0.643. The molecule has 0 saturated carbocycles. The zero-order valence-corrected chi connectivity index (χ0v) is 11.5. The van der Waals surface area contributed by atoms with Gasteiger partial charge in [-0.25, -0.2) is 0 Å². The van der Waals surface area contributed by atoms with Crippen molar-refractivity contribution in [3.05, 3.63) is 23.7 Å². The molecule has 1 saturated heterocycles. The largest absolute Gasteiger partial charge is 0.455 e. The van der Waals surface area contributed by atoms with Crippen LogP contribution in [0.1, 0.15) is 42.5 Å². The highest BCUT2D eigenvalue weighted by molar-refractivity contribution is 5.91. The van der Waals surface area contributed by atoms with Crippen molar-refractivity contribution in [3.8, 4) is 0 Å². The van der Waals surface area contributed by atoms with Gasteiger partial charge < -0.3 is 20.4 Å². The van der Waals surface area contributed by atoms with Crippen LogP contribution in [-0.4, -0.2) is 36.5 Å². The second kappa shape index (κ2) is 6.73. The Morgan fingerprint density at radius 1 is 1.42 bits per heavy atom. The molecule has 1 atom stereocenters. The first-order valence-electron chi connectivity index (χ1n) is 7.01. The van der Waals surface area contributed by atoms with Gasteiger partial charge in [-0.05, 0) is 45.0 Å². The molecule has 0 aromatic carbocycles. The van der Waals surface area contributed by atoms with E-state index in [1.165, 1.54) is 19.3 Å². The monoisotopic (exact) mass is 265 g/mol. The van der Waals surface area contributed by atoms with E-state index in [1.807, 2.05) is 6.92 Å². The number of amides is 1. The molecule has 0 spiro atoms. The van der Waals surface area contributed by atoms with Crippen molar-refractivity contribution in [2.24, 2.45) is 5.73 Å². The van der Waals surface area contributed by atoms with Gasteiger partial charge >= 0.3 is 0 Å². The minimum Gasteiger partial charge on any atom is -0.455 e. The van der Waals surface area contributed by atoms with Gasteiger partial charge in [0.25, 0.3) is 5.91 Å². The Labute approximate surface area is 114 Å². The summed E-state index contributed by atoms with van der Waals surface area (Å²) >= 11 is 0. The van der Waals surface area contributed by atoms with Gasteiger partial charge in [0.15, 0.2) is 5.76 Å². The van der Waals surface area contributed by atoms with Gasteiger partial charge in [0.2, 0.25) is 0 Å². The van der Waals surface area contributed by atoms with Crippen molar-refractivity contribution in [2.45, 2.75) is 38.8 Å². The number of hydrogen-bond donors (Lipinski definition) is 2. The molecule has 0 bridgehead atoms. The summed E-state index contributed by atoms with van der Waals surface area (Å²) in [4.78, 5) is 14.4. The smallest absolute Gasteiger partial charge is 0.287 e. The third kappa shape index (κ3) is 4.08. The molecule has 1 aliphatic heterocycles. The Morgan fingerprint density at radius 2 is 2.16 bits per heavy atom. The van der Waals surface area contributed by atoms with Gasteiger partial charge in [-0.3, -0.25) is 4.79 Å². The Morgan fingerprint density at radius 3 is 2.79 bits per heavy atom. The van der Waals surface area contributed by atoms with Gasteiger partial charge in [0.1, 0.15) is 5.76 Å². The summed E-state index contributed by atoms with van der Waals surface area (Å²) in [5.41, 5.74) is 5.46. The zero-order chi connectivity index (χ0) is 13.7. The van der Waals surface area contributed by atoms with Crippen LogP contribution in [0, 0.1) is 0 Å². The van der Waals surface area contributed by atoms with Gasteiger partial charge in [-0.2, -0.15) is 0 Å². The maximum Gasteiger partial charge on any atom is 0.287 e. The predicted octanol–water partition coefficient (Wildman–Crippen LogP) is 1.34. The third-order valence-electron chi connectivity index (χ3n) is 3.44. The lowest BCUT2D eigenvalue weighted by atomic mass is 10.1. The number of nitrogens with one attached hydrogen (secondary N) is 1. The van der Waals surface area contributed by atoms with Crippen LogP contribution in [0.3, 0.4) is 0 Å². The van der Waals surface area contributed by atoms with E-state index in [2.05, 4.69) is 10.2 Å². The summed E-state index contributed by atoms with van der Waals surface area (Å²) in [6, 6.07) is 3.53. The van der Waals surface area contributed by atoms with E-state index in [-0.39, 0.29) is 11.9 Å². The maximum absolute atomic E-state index is 12.0. The van der Waals surface area contributed by atoms with Crippen LogP contribution < -0.4 is 11.1 Å². The lowest BCUT2D eigenvalue weighted by Gasteiger charge is -2.29. The molecule has 19 heavy (non-hydrogen) atoms. The maximum atomic E-state index is 12.0. The Bertz CT molecular complexity index is 411. The summed E-state index contributed by atoms with van der Waals surface area (Å²) in [5.74, 6) is 0.809. The van der Waals surface area contributed by atoms with Crippen LogP contribution in [0.2, 0.25) is 0 Å². The van der Waals surface area contributed by atoms with Crippen molar-refractivity contribution in [1.29, 1.82) is 0 Å². The minimum atomic E-state index is -0.163. The van der Waals surface area contributed by atoms with Crippen molar-refractivity contribution in [3.63, 3.8) is 0 Å². The molecule has 1 aromatic rings. The molecule has 1 aliphatic rings. The number of piperidine rings is 1.